The normalized spacial score (nSPS) is 19.5. The van der Waals surface area contributed by atoms with E-state index in [1.54, 1.807) is 54.6 Å². The molecule has 5 rings (SSSR count). The number of nitrogens with zero attached hydrogens (tertiary/aromatic N) is 2. The largest absolute Gasteiger partial charge is 0.325 e. The molecule has 2 aliphatic rings. The standard InChI is InChI=1S/C24H18FN3O3S/c25-16-7-6-10-18(13-16)28-22(30)15-32-24(28)19-11-4-5-12-20(19)27(23(24)31)14-21(29)26-17-8-2-1-3-9-17/h1-13H,14-15H2,(H,26,29)/t24-/m0/s1. The van der Waals surface area contributed by atoms with E-state index in [9.17, 15) is 18.8 Å². The summed E-state index contributed by atoms with van der Waals surface area (Å²) in [7, 11) is 0. The topological polar surface area (TPSA) is 69.7 Å². The quantitative estimate of drug-likeness (QED) is 0.662. The van der Waals surface area contributed by atoms with Crippen LogP contribution < -0.4 is 15.1 Å². The third-order valence-corrected chi connectivity index (χ3v) is 6.88. The fourth-order valence-electron chi connectivity index (χ4n) is 4.19. The second-order valence-corrected chi connectivity index (χ2v) is 8.63. The average molecular weight is 447 g/mol. The number of hydrogen-bond donors (Lipinski definition) is 1. The van der Waals surface area contributed by atoms with Gasteiger partial charge in [0.15, 0.2) is 0 Å². The lowest BCUT2D eigenvalue weighted by Gasteiger charge is -2.33. The van der Waals surface area contributed by atoms with Crippen molar-refractivity contribution >= 4 is 46.5 Å². The van der Waals surface area contributed by atoms with E-state index in [-0.39, 0.29) is 24.1 Å². The third kappa shape index (κ3) is 3.15. The molecule has 2 heterocycles. The van der Waals surface area contributed by atoms with Crippen LogP contribution in [0.4, 0.5) is 21.5 Å². The molecule has 2 aliphatic heterocycles. The van der Waals surface area contributed by atoms with Gasteiger partial charge in [-0.1, -0.05) is 42.5 Å². The van der Waals surface area contributed by atoms with Crippen LogP contribution in [-0.4, -0.2) is 30.0 Å². The van der Waals surface area contributed by atoms with Crippen molar-refractivity contribution in [1.82, 2.24) is 0 Å². The van der Waals surface area contributed by atoms with Gasteiger partial charge in [0.2, 0.25) is 16.7 Å². The lowest BCUT2D eigenvalue weighted by molar-refractivity contribution is -0.124. The zero-order valence-electron chi connectivity index (χ0n) is 16.8. The Balaban J connectivity index is 1.54. The minimum Gasteiger partial charge on any atom is -0.325 e. The minimum atomic E-state index is -1.38. The van der Waals surface area contributed by atoms with E-state index in [0.717, 1.165) is 0 Å². The van der Waals surface area contributed by atoms with Crippen molar-refractivity contribution in [2.75, 3.05) is 27.4 Å². The minimum absolute atomic E-state index is 0.0701. The number of para-hydroxylation sites is 2. The van der Waals surface area contributed by atoms with Crippen LogP contribution in [0.1, 0.15) is 5.56 Å². The number of amides is 3. The van der Waals surface area contributed by atoms with E-state index in [1.807, 2.05) is 6.07 Å². The molecule has 1 saturated heterocycles. The maximum absolute atomic E-state index is 14.0. The molecule has 0 radical (unpaired) electrons. The number of fused-ring (bicyclic) bond motifs is 2. The molecule has 8 heteroatoms. The molecule has 3 amide bonds. The van der Waals surface area contributed by atoms with Crippen LogP contribution in [0.15, 0.2) is 78.9 Å². The van der Waals surface area contributed by atoms with Gasteiger partial charge in [0.1, 0.15) is 12.4 Å². The second-order valence-electron chi connectivity index (χ2n) is 7.46. The van der Waals surface area contributed by atoms with Crippen LogP contribution in [0.25, 0.3) is 0 Å². The summed E-state index contributed by atoms with van der Waals surface area (Å²) < 4.78 is 14.0. The molecule has 3 aromatic rings. The number of anilines is 3. The van der Waals surface area contributed by atoms with Crippen molar-refractivity contribution in [2.45, 2.75) is 4.87 Å². The van der Waals surface area contributed by atoms with Crippen molar-refractivity contribution in [3.63, 3.8) is 0 Å². The highest BCUT2D eigenvalue weighted by Gasteiger charge is 2.61. The Morgan fingerprint density at radius 1 is 1.00 bits per heavy atom. The van der Waals surface area contributed by atoms with Gasteiger partial charge in [-0.25, -0.2) is 4.39 Å². The van der Waals surface area contributed by atoms with Gasteiger partial charge >= 0.3 is 0 Å². The number of thioether (sulfide) groups is 1. The van der Waals surface area contributed by atoms with Crippen LogP contribution in [0.3, 0.4) is 0 Å². The van der Waals surface area contributed by atoms with Gasteiger partial charge in [-0.2, -0.15) is 0 Å². The van der Waals surface area contributed by atoms with Crippen LogP contribution in [0.2, 0.25) is 0 Å². The summed E-state index contributed by atoms with van der Waals surface area (Å²) in [5.74, 6) is -1.48. The highest BCUT2D eigenvalue weighted by molar-refractivity contribution is 8.02. The van der Waals surface area contributed by atoms with Crippen molar-refractivity contribution in [3.8, 4) is 0 Å². The lowest BCUT2D eigenvalue weighted by atomic mass is 10.0. The Morgan fingerprint density at radius 2 is 1.75 bits per heavy atom. The predicted octanol–water partition coefficient (Wildman–Crippen LogP) is 3.74. The number of carbonyl (C=O) groups is 3. The Labute approximate surface area is 188 Å². The zero-order valence-corrected chi connectivity index (χ0v) is 17.6. The number of hydrogen-bond acceptors (Lipinski definition) is 4. The smallest absolute Gasteiger partial charge is 0.269 e. The van der Waals surface area contributed by atoms with Crippen LogP contribution in [-0.2, 0) is 19.3 Å². The summed E-state index contributed by atoms with van der Waals surface area (Å²) >= 11 is 1.19. The fraction of sp³-hybridized carbons (Fsp3) is 0.125. The molecule has 1 spiro atoms. The lowest BCUT2D eigenvalue weighted by Crippen LogP contribution is -2.50. The zero-order chi connectivity index (χ0) is 22.3. The second kappa shape index (κ2) is 7.80. The Kier molecular flexibility index (Phi) is 4.94. The summed E-state index contributed by atoms with van der Waals surface area (Å²) in [4.78, 5) is 40.8. The molecule has 0 aliphatic carbocycles. The van der Waals surface area contributed by atoms with Crippen LogP contribution in [0.5, 0.6) is 0 Å². The first-order valence-electron chi connectivity index (χ1n) is 9.99. The van der Waals surface area contributed by atoms with E-state index in [1.165, 1.54) is 39.8 Å². The monoisotopic (exact) mass is 447 g/mol. The van der Waals surface area contributed by atoms with Crippen molar-refractivity contribution < 1.29 is 18.8 Å². The molecule has 0 aromatic heterocycles. The van der Waals surface area contributed by atoms with Crippen LogP contribution >= 0.6 is 11.8 Å². The number of carbonyl (C=O) groups excluding carboxylic acids is 3. The molecule has 32 heavy (non-hydrogen) atoms. The van der Waals surface area contributed by atoms with Crippen molar-refractivity contribution in [3.05, 3.63) is 90.2 Å². The highest BCUT2D eigenvalue weighted by atomic mass is 32.2. The maximum atomic E-state index is 14.0. The van der Waals surface area contributed by atoms with Gasteiger partial charge in [0, 0.05) is 16.9 Å². The molecule has 6 nitrogen and oxygen atoms in total. The molecule has 160 valence electrons. The highest BCUT2D eigenvalue weighted by Crippen LogP contribution is 2.55. The van der Waals surface area contributed by atoms with E-state index < -0.39 is 16.6 Å². The van der Waals surface area contributed by atoms with Gasteiger partial charge in [-0.05, 0) is 36.4 Å². The average Bonchev–Trinajstić information content (AvgIpc) is 3.25. The van der Waals surface area contributed by atoms with Gasteiger partial charge in [-0.15, -0.1) is 11.8 Å². The van der Waals surface area contributed by atoms with E-state index in [4.69, 9.17) is 0 Å². The summed E-state index contributed by atoms with van der Waals surface area (Å²) in [5, 5.41) is 2.79. The van der Waals surface area contributed by atoms with E-state index in [2.05, 4.69) is 5.32 Å². The predicted molar refractivity (Wildman–Crippen MR) is 122 cm³/mol. The van der Waals surface area contributed by atoms with Gasteiger partial charge in [0.25, 0.3) is 5.91 Å². The van der Waals surface area contributed by atoms with Gasteiger partial charge < -0.3 is 5.32 Å². The molecule has 1 N–H and O–H groups in total. The number of nitrogens with one attached hydrogen (secondary N) is 1. The third-order valence-electron chi connectivity index (χ3n) is 5.49. The summed E-state index contributed by atoms with van der Waals surface area (Å²) in [6.45, 7) is -0.210. The fourth-order valence-corrected chi connectivity index (χ4v) is 5.55. The summed E-state index contributed by atoms with van der Waals surface area (Å²) in [5.41, 5.74) is 2.10. The van der Waals surface area contributed by atoms with Crippen molar-refractivity contribution in [2.24, 2.45) is 0 Å². The number of halogens is 1. The first-order valence-corrected chi connectivity index (χ1v) is 11.0. The van der Waals surface area contributed by atoms with Crippen LogP contribution in [0, 0.1) is 5.82 Å². The molecule has 3 aromatic carbocycles. The van der Waals surface area contributed by atoms with E-state index >= 15 is 0 Å². The van der Waals surface area contributed by atoms with E-state index in [0.29, 0.717) is 22.6 Å². The molecule has 0 saturated carbocycles. The van der Waals surface area contributed by atoms with Gasteiger partial charge in [-0.3, -0.25) is 24.2 Å². The SMILES string of the molecule is O=C(CN1C(=O)[C@@]2(SCC(=O)N2c2cccc(F)c2)c2ccccc21)Nc1ccccc1. The Hall–Kier alpha value is -3.65. The molecule has 1 atom stereocenters. The summed E-state index contributed by atoms with van der Waals surface area (Å²) in [6.07, 6.45) is 0. The molecule has 0 unspecified atom stereocenters. The molecule has 1 fully saturated rings. The molecule has 0 bridgehead atoms. The van der Waals surface area contributed by atoms with Gasteiger partial charge in [0.05, 0.1) is 11.4 Å². The number of rotatable bonds is 4. The maximum Gasteiger partial charge on any atom is 0.269 e. The number of benzene rings is 3. The first-order chi connectivity index (χ1) is 15.5. The Morgan fingerprint density at radius 3 is 2.53 bits per heavy atom. The summed E-state index contributed by atoms with van der Waals surface area (Å²) in [6, 6.07) is 21.7. The molecular formula is C24H18FN3O3S. The van der Waals surface area contributed by atoms with Crippen molar-refractivity contribution in [1.29, 1.82) is 0 Å². The molecular weight excluding hydrogens is 429 g/mol. The Bertz CT molecular complexity index is 1240. The first kappa shape index (κ1) is 20.3.